The maximum Gasteiger partial charge on any atom is 0.181 e. The number of ether oxygens (including phenoxy) is 1. The van der Waals surface area contributed by atoms with Gasteiger partial charge in [0.15, 0.2) is 5.13 Å². The van der Waals surface area contributed by atoms with E-state index in [1.807, 2.05) is 19.1 Å². The summed E-state index contributed by atoms with van der Waals surface area (Å²) in [7, 11) is 1.64. The van der Waals surface area contributed by atoms with Gasteiger partial charge in [-0.1, -0.05) is 11.3 Å². The Labute approximate surface area is 118 Å². The first-order chi connectivity index (χ1) is 9.10. The monoisotopic (exact) mass is 291 g/mol. The first kappa shape index (κ1) is 12.4. The van der Waals surface area contributed by atoms with Gasteiger partial charge in [0, 0.05) is 10.4 Å². The minimum Gasteiger partial charge on any atom is -0.494 e. The lowest BCUT2D eigenvalue weighted by atomic mass is 10.1. The van der Waals surface area contributed by atoms with E-state index in [2.05, 4.69) is 16.9 Å². The van der Waals surface area contributed by atoms with Gasteiger partial charge in [0.05, 0.1) is 22.5 Å². The summed E-state index contributed by atoms with van der Waals surface area (Å²) in [6.07, 6.45) is 0. The SMILES string of the molecule is COc1ccc(-c2nc(C)sc2C)c2sc(N)nc12. The highest BCUT2D eigenvalue weighted by Gasteiger charge is 2.16. The Morgan fingerprint density at radius 1 is 1.16 bits per heavy atom. The summed E-state index contributed by atoms with van der Waals surface area (Å²) in [5.74, 6) is 0.747. The molecule has 19 heavy (non-hydrogen) atoms. The fourth-order valence-corrected chi connectivity index (χ4v) is 3.83. The number of rotatable bonds is 2. The van der Waals surface area contributed by atoms with Crippen molar-refractivity contribution < 1.29 is 4.74 Å². The Hall–Kier alpha value is -1.66. The minimum atomic E-state index is 0.547. The molecule has 2 heterocycles. The molecule has 3 rings (SSSR count). The predicted molar refractivity (Wildman–Crippen MR) is 81.2 cm³/mol. The molecule has 0 saturated carbocycles. The number of fused-ring (bicyclic) bond motifs is 1. The van der Waals surface area contributed by atoms with Crippen LogP contribution in [0, 0.1) is 13.8 Å². The minimum absolute atomic E-state index is 0.547. The van der Waals surface area contributed by atoms with E-state index in [0.29, 0.717) is 5.13 Å². The number of aryl methyl sites for hydroxylation is 2. The molecule has 3 aromatic rings. The van der Waals surface area contributed by atoms with Crippen molar-refractivity contribution in [2.24, 2.45) is 0 Å². The number of nitrogen functional groups attached to an aromatic ring is 1. The molecule has 0 saturated heterocycles. The number of nitrogens with two attached hydrogens (primary N) is 1. The van der Waals surface area contributed by atoms with Crippen molar-refractivity contribution >= 4 is 38.0 Å². The molecule has 0 aliphatic carbocycles. The molecule has 0 unspecified atom stereocenters. The van der Waals surface area contributed by atoms with Gasteiger partial charge < -0.3 is 10.5 Å². The largest absolute Gasteiger partial charge is 0.494 e. The molecule has 0 atom stereocenters. The lowest BCUT2D eigenvalue weighted by molar-refractivity contribution is 0.419. The fraction of sp³-hybridized carbons (Fsp3) is 0.231. The fourth-order valence-electron chi connectivity index (χ4n) is 2.13. The highest BCUT2D eigenvalue weighted by Crippen LogP contribution is 2.40. The molecule has 4 nitrogen and oxygen atoms in total. The summed E-state index contributed by atoms with van der Waals surface area (Å²) in [6, 6.07) is 3.95. The van der Waals surface area contributed by atoms with Crippen LogP contribution < -0.4 is 10.5 Å². The van der Waals surface area contributed by atoms with Crippen molar-refractivity contribution in [2.45, 2.75) is 13.8 Å². The number of benzene rings is 1. The number of methoxy groups -OCH3 is 1. The third kappa shape index (κ3) is 1.97. The summed E-state index contributed by atoms with van der Waals surface area (Å²) >= 11 is 3.17. The number of hydrogen-bond acceptors (Lipinski definition) is 6. The number of thiazole rings is 2. The van der Waals surface area contributed by atoms with Gasteiger partial charge in [0.25, 0.3) is 0 Å². The van der Waals surface area contributed by atoms with Gasteiger partial charge in [0.2, 0.25) is 0 Å². The van der Waals surface area contributed by atoms with Crippen molar-refractivity contribution in [3.63, 3.8) is 0 Å². The Balaban J connectivity index is 2.33. The zero-order valence-corrected chi connectivity index (χ0v) is 12.5. The second-order valence-corrected chi connectivity index (χ2v) is 6.62. The molecule has 0 bridgehead atoms. The van der Waals surface area contributed by atoms with Gasteiger partial charge >= 0.3 is 0 Å². The van der Waals surface area contributed by atoms with Crippen LogP contribution >= 0.6 is 22.7 Å². The highest BCUT2D eigenvalue weighted by atomic mass is 32.1. The Kier molecular flexibility index (Phi) is 2.91. The normalized spacial score (nSPS) is 11.1. The third-order valence-electron chi connectivity index (χ3n) is 2.90. The van der Waals surface area contributed by atoms with Crippen LogP contribution in [0.1, 0.15) is 9.88 Å². The molecule has 0 radical (unpaired) electrons. The Morgan fingerprint density at radius 2 is 1.95 bits per heavy atom. The molecule has 0 amide bonds. The van der Waals surface area contributed by atoms with Gasteiger partial charge in [-0.15, -0.1) is 11.3 Å². The summed E-state index contributed by atoms with van der Waals surface area (Å²) in [5.41, 5.74) is 8.74. The van der Waals surface area contributed by atoms with Gasteiger partial charge in [0.1, 0.15) is 11.3 Å². The zero-order valence-electron chi connectivity index (χ0n) is 10.9. The second-order valence-electron chi connectivity index (χ2n) is 4.18. The van der Waals surface area contributed by atoms with Gasteiger partial charge in [-0.05, 0) is 26.0 Å². The van der Waals surface area contributed by atoms with E-state index in [4.69, 9.17) is 10.5 Å². The summed E-state index contributed by atoms with van der Waals surface area (Å²) in [5, 5.41) is 1.61. The molecule has 0 spiro atoms. The molecular formula is C13H13N3OS2. The second kappa shape index (κ2) is 4.47. The van der Waals surface area contributed by atoms with Gasteiger partial charge in [-0.2, -0.15) is 0 Å². The van der Waals surface area contributed by atoms with Gasteiger partial charge in [-0.25, -0.2) is 9.97 Å². The van der Waals surface area contributed by atoms with E-state index >= 15 is 0 Å². The topological polar surface area (TPSA) is 61.0 Å². The number of aromatic nitrogens is 2. The zero-order chi connectivity index (χ0) is 13.6. The first-order valence-electron chi connectivity index (χ1n) is 5.77. The Morgan fingerprint density at radius 3 is 2.58 bits per heavy atom. The van der Waals surface area contributed by atoms with Crippen molar-refractivity contribution in [3.8, 4) is 17.0 Å². The van der Waals surface area contributed by atoms with Crippen LogP contribution in [0.15, 0.2) is 12.1 Å². The summed E-state index contributed by atoms with van der Waals surface area (Å²) in [6.45, 7) is 4.10. The molecule has 0 fully saturated rings. The smallest absolute Gasteiger partial charge is 0.181 e. The van der Waals surface area contributed by atoms with Crippen molar-refractivity contribution in [3.05, 3.63) is 22.0 Å². The average Bonchev–Trinajstić information content (AvgIpc) is 2.90. The molecule has 6 heteroatoms. The van der Waals surface area contributed by atoms with Crippen molar-refractivity contribution in [1.29, 1.82) is 0 Å². The van der Waals surface area contributed by atoms with E-state index in [9.17, 15) is 0 Å². The molecule has 98 valence electrons. The van der Waals surface area contributed by atoms with E-state index in [1.165, 1.54) is 16.2 Å². The molecular weight excluding hydrogens is 278 g/mol. The highest BCUT2D eigenvalue weighted by molar-refractivity contribution is 7.22. The molecule has 0 aliphatic heterocycles. The van der Waals surface area contributed by atoms with Crippen molar-refractivity contribution in [1.82, 2.24) is 9.97 Å². The number of anilines is 1. The van der Waals surface area contributed by atoms with Crippen LogP contribution in [0.3, 0.4) is 0 Å². The Bertz CT molecular complexity index is 761. The van der Waals surface area contributed by atoms with Gasteiger partial charge in [-0.3, -0.25) is 0 Å². The molecule has 0 aliphatic rings. The van der Waals surface area contributed by atoms with E-state index < -0.39 is 0 Å². The van der Waals surface area contributed by atoms with Crippen LogP contribution in [-0.2, 0) is 0 Å². The summed E-state index contributed by atoms with van der Waals surface area (Å²) < 4.78 is 6.37. The average molecular weight is 291 g/mol. The number of hydrogen-bond donors (Lipinski definition) is 1. The maximum atomic E-state index is 5.84. The lowest BCUT2D eigenvalue weighted by Crippen LogP contribution is -1.88. The van der Waals surface area contributed by atoms with Crippen LogP contribution in [-0.4, -0.2) is 17.1 Å². The first-order valence-corrected chi connectivity index (χ1v) is 7.41. The number of nitrogens with zero attached hydrogens (tertiary/aromatic N) is 2. The molecule has 1 aromatic carbocycles. The predicted octanol–water partition coefficient (Wildman–Crippen LogP) is 3.63. The molecule has 2 N–H and O–H groups in total. The van der Waals surface area contributed by atoms with E-state index in [1.54, 1.807) is 18.4 Å². The van der Waals surface area contributed by atoms with Crippen LogP contribution in [0.5, 0.6) is 5.75 Å². The summed E-state index contributed by atoms with van der Waals surface area (Å²) in [4.78, 5) is 10.2. The molecule has 2 aromatic heterocycles. The lowest BCUT2D eigenvalue weighted by Gasteiger charge is -2.04. The van der Waals surface area contributed by atoms with Crippen molar-refractivity contribution in [2.75, 3.05) is 12.8 Å². The van der Waals surface area contributed by atoms with E-state index in [-0.39, 0.29) is 0 Å². The quantitative estimate of drug-likeness (QED) is 0.783. The standard InChI is InChI=1S/C13H13N3OS2/c1-6-10(15-7(2)18-6)8-4-5-9(17-3)11-12(8)19-13(14)16-11/h4-5H,1-3H3,(H2,14,16). The maximum absolute atomic E-state index is 5.84. The van der Waals surface area contributed by atoms with Crippen LogP contribution in [0.2, 0.25) is 0 Å². The third-order valence-corrected chi connectivity index (χ3v) is 4.71. The van der Waals surface area contributed by atoms with E-state index in [0.717, 1.165) is 32.2 Å². The van der Waals surface area contributed by atoms with Crippen LogP contribution in [0.4, 0.5) is 5.13 Å². The van der Waals surface area contributed by atoms with Crippen LogP contribution in [0.25, 0.3) is 21.5 Å².